The van der Waals surface area contributed by atoms with Gasteiger partial charge in [0.1, 0.15) is 41.9 Å². The van der Waals surface area contributed by atoms with Gasteiger partial charge in [0.25, 0.3) is 0 Å². The van der Waals surface area contributed by atoms with E-state index in [1.54, 1.807) is 7.05 Å². The maximum Gasteiger partial charge on any atom is 0.237 e. The van der Waals surface area contributed by atoms with Gasteiger partial charge >= 0.3 is 0 Å². The number of hydrogen-bond acceptors (Lipinski definition) is 12. The monoisotopic (exact) mass is 911 g/mol. The lowest BCUT2D eigenvalue weighted by Gasteiger charge is -2.38. The molecule has 5 aromatic rings. The molecule has 1 unspecified atom stereocenters. The number of nitrogens with two attached hydrogens (primary N) is 1. The van der Waals surface area contributed by atoms with Crippen LogP contribution in [0.4, 0.5) is 5.82 Å². The molecule has 2 amide bonds. The summed E-state index contributed by atoms with van der Waals surface area (Å²) in [6.45, 7) is 8.13. The Labute approximate surface area is 394 Å². The first-order valence-electron chi connectivity index (χ1n) is 24.2. The Morgan fingerprint density at radius 2 is 1.60 bits per heavy atom. The smallest absolute Gasteiger partial charge is 0.237 e. The molecule has 15 nitrogen and oxygen atoms in total. The number of anilines is 1. The topological polar surface area (TPSA) is 172 Å². The van der Waals surface area contributed by atoms with Crippen LogP contribution < -0.4 is 15.8 Å². The van der Waals surface area contributed by atoms with Gasteiger partial charge in [-0.1, -0.05) is 36.4 Å². The number of fused-ring (bicyclic) bond motifs is 1. The van der Waals surface area contributed by atoms with Crippen molar-refractivity contribution >= 4 is 41.2 Å². The number of hydrogen-bond donors (Lipinski definition) is 2. The maximum absolute atomic E-state index is 13.3. The highest BCUT2D eigenvalue weighted by atomic mass is 16.5. The lowest BCUT2D eigenvalue weighted by Crippen LogP contribution is -2.43. The number of piperidine rings is 3. The summed E-state index contributed by atoms with van der Waals surface area (Å²) >= 11 is 0. The first-order valence-corrected chi connectivity index (χ1v) is 24.2. The molecule has 1 atom stereocenters. The number of carbonyl (C=O) groups excluding carboxylic acids is 4. The number of likely N-dealkylation sites (tertiary alicyclic amines) is 3. The molecule has 0 radical (unpaired) electrons. The normalized spacial score (nSPS) is 17.4. The summed E-state index contributed by atoms with van der Waals surface area (Å²) in [5.41, 5.74) is 11.6. The molecule has 354 valence electrons. The Hall–Kier alpha value is -6.03. The molecular formula is C52H66N10O5. The molecule has 3 aliphatic heterocycles. The molecule has 15 heteroatoms. The van der Waals surface area contributed by atoms with Crippen LogP contribution in [0.25, 0.3) is 22.3 Å². The van der Waals surface area contributed by atoms with Gasteiger partial charge < -0.3 is 35.3 Å². The fraction of sp³-hybridized carbons (Fsp3) is 0.481. The fourth-order valence-electron chi connectivity index (χ4n) is 10.4. The number of nitrogen functional groups attached to an aromatic ring is 1. The van der Waals surface area contributed by atoms with E-state index in [0.29, 0.717) is 42.6 Å². The quantitative estimate of drug-likeness (QED) is 0.0838. The summed E-state index contributed by atoms with van der Waals surface area (Å²) in [5.74, 6) is 3.03. The summed E-state index contributed by atoms with van der Waals surface area (Å²) in [6, 6.07) is 23.4. The first kappa shape index (κ1) is 47.5. The highest BCUT2D eigenvalue weighted by Gasteiger charge is 2.30. The van der Waals surface area contributed by atoms with Gasteiger partial charge in [0.2, 0.25) is 11.8 Å². The van der Waals surface area contributed by atoms with Crippen LogP contribution in [-0.2, 0) is 20.9 Å². The number of amides is 2. The van der Waals surface area contributed by atoms with Crippen molar-refractivity contribution in [1.29, 1.82) is 0 Å². The van der Waals surface area contributed by atoms with E-state index in [9.17, 15) is 19.2 Å². The number of likely N-dealkylation sites (N-methyl/N-ethyl adjacent to an activating group) is 2. The van der Waals surface area contributed by atoms with Crippen LogP contribution >= 0.6 is 0 Å². The van der Waals surface area contributed by atoms with Crippen LogP contribution in [0.2, 0.25) is 0 Å². The van der Waals surface area contributed by atoms with Gasteiger partial charge in [0, 0.05) is 70.3 Å². The fourth-order valence-corrected chi connectivity index (χ4v) is 10.4. The Morgan fingerprint density at radius 3 is 2.30 bits per heavy atom. The van der Waals surface area contributed by atoms with Gasteiger partial charge in [-0.2, -0.15) is 5.10 Å². The summed E-state index contributed by atoms with van der Waals surface area (Å²) in [6.07, 6.45) is 11.5. The molecule has 3 N–H and O–H groups in total. The van der Waals surface area contributed by atoms with Crippen molar-refractivity contribution in [3.05, 3.63) is 95.8 Å². The summed E-state index contributed by atoms with van der Waals surface area (Å²) < 4.78 is 8.10. The molecule has 3 aromatic carbocycles. The lowest BCUT2D eigenvalue weighted by atomic mass is 9.87. The Bertz CT molecular complexity index is 2440. The zero-order valence-electron chi connectivity index (χ0n) is 39.1. The Morgan fingerprint density at radius 1 is 0.881 bits per heavy atom. The van der Waals surface area contributed by atoms with E-state index >= 15 is 0 Å². The molecule has 3 saturated heterocycles. The standard InChI is InChI=1S/C52H66N10O5/c1-54-52(66)46(10-7-31-63)58(2)34-42-32-40(12-13-41(42)35-64)38-20-29-61(30-21-38)47(65)11-6-24-59-25-18-37(19-26-59)33-60-27-22-43(23-28-60)62-51-48(50(53)55-36-56-51)49(57-62)39-14-16-45(17-15-39)67-44-8-4-3-5-9-44/h3-5,8-9,12-17,31-32,35-38,43,46H,6-7,10-11,18-30,33-34H2,1-2H3,(H,54,66)(H2,53,55,56). The lowest BCUT2D eigenvalue weighted by molar-refractivity contribution is -0.132. The number of carbonyl (C=O) groups is 4. The van der Waals surface area contributed by atoms with Gasteiger partial charge in [-0.25, -0.2) is 14.6 Å². The third-order valence-electron chi connectivity index (χ3n) is 14.3. The summed E-state index contributed by atoms with van der Waals surface area (Å²) in [5, 5.41) is 8.62. The zero-order chi connectivity index (χ0) is 46.7. The number of rotatable bonds is 19. The summed E-state index contributed by atoms with van der Waals surface area (Å²) in [4.78, 5) is 67.0. The number of aldehydes is 2. The van der Waals surface area contributed by atoms with Gasteiger partial charge in [0.05, 0.1) is 17.5 Å². The van der Waals surface area contributed by atoms with Crippen molar-refractivity contribution in [2.24, 2.45) is 5.92 Å². The minimum atomic E-state index is -0.469. The van der Waals surface area contributed by atoms with E-state index < -0.39 is 6.04 Å². The summed E-state index contributed by atoms with van der Waals surface area (Å²) in [7, 11) is 3.44. The molecule has 0 aliphatic carbocycles. The Kier molecular flexibility index (Phi) is 16.0. The predicted molar refractivity (Wildman–Crippen MR) is 260 cm³/mol. The minimum absolute atomic E-state index is 0.150. The van der Waals surface area contributed by atoms with E-state index in [1.807, 2.05) is 83.6 Å². The van der Waals surface area contributed by atoms with Crippen LogP contribution in [0.3, 0.4) is 0 Å². The molecule has 8 rings (SSSR count). The number of para-hydroxylation sites is 1. The average molecular weight is 911 g/mol. The van der Waals surface area contributed by atoms with Gasteiger partial charge in [-0.15, -0.1) is 0 Å². The van der Waals surface area contributed by atoms with Crippen LogP contribution in [-0.4, -0.2) is 136 Å². The average Bonchev–Trinajstić information content (AvgIpc) is 3.76. The molecule has 3 fully saturated rings. The predicted octanol–water partition coefficient (Wildman–Crippen LogP) is 6.74. The van der Waals surface area contributed by atoms with Crippen molar-refractivity contribution < 1.29 is 23.9 Å². The molecule has 5 heterocycles. The SMILES string of the molecule is CNC(=O)C(CCC=O)N(C)Cc1cc(C2CCN(C(=O)CCCN3CCC(CN4CCC(n5nc(-c6ccc(Oc7ccccc7)cc6)c6c(N)ncnc65)CC4)CC3)CC2)ccc1C=O. The molecule has 67 heavy (non-hydrogen) atoms. The Balaban J connectivity index is 0.749. The molecule has 2 aromatic heterocycles. The van der Waals surface area contributed by atoms with Crippen molar-refractivity contribution in [3.8, 4) is 22.8 Å². The number of nitrogens with one attached hydrogen (secondary N) is 1. The van der Waals surface area contributed by atoms with E-state index in [-0.39, 0.29) is 24.3 Å². The van der Waals surface area contributed by atoms with E-state index in [2.05, 4.69) is 35.8 Å². The highest BCUT2D eigenvalue weighted by molar-refractivity contribution is 5.98. The number of benzene rings is 3. The largest absolute Gasteiger partial charge is 0.457 e. The second-order valence-corrected chi connectivity index (χ2v) is 18.6. The molecule has 0 saturated carbocycles. The first-order chi connectivity index (χ1) is 32.7. The third kappa shape index (κ3) is 11.7. The highest BCUT2D eigenvalue weighted by Crippen LogP contribution is 2.36. The molecule has 3 aliphatic rings. The van der Waals surface area contributed by atoms with Crippen LogP contribution in [0.5, 0.6) is 11.5 Å². The minimum Gasteiger partial charge on any atom is -0.457 e. The van der Waals surface area contributed by atoms with Gasteiger partial charge in [0.15, 0.2) is 5.65 Å². The van der Waals surface area contributed by atoms with Crippen LogP contribution in [0.1, 0.15) is 97.7 Å². The van der Waals surface area contributed by atoms with Gasteiger partial charge in [-0.05, 0) is 137 Å². The second kappa shape index (κ2) is 22.6. The van der Waals surface area contributed by atoms with Gasteiger partial charge in [-0.3, -0.25) is 19.3 Å². The maximum atomic E-state index is 13.3. The van der Waals surface area contributed by atoms with Crippen LogP contribution in [0, 0.1) is 5.92 Å². The molecule has 0 spiro atoms. The molecular weight excluding hydrogens is 845 g/mol. The number of aromatic nitrogens is 4. The zero-order valence-corrected chi connectivity index (χ0v) is 39.1. The van der Waals surface area contributed by atoms with Crippen molar-refractivity contribution in [2.45, 2.75) is 88.8 Å². The van der Waals surface area contributed by atoms with Crippen LogP contribution in [0.15, 0.2) is 79.1 Å². The van der Waals surface area contributed by atoms with E-state index in [1.165, 1.54) is 19.2 Å². The van der Waals surface area contributed by atoms with Crippen molar-refractivity contribution in [1.82, 2.24) is 44.7 Å². The van der Waals surface area contributed by atoms with Crippen molar-refractivity contribution in [2.75, 3.05) is 72.2 Å². The molecule has 0 bridgehead atoms. The van der Waals surface area contributed by atoms with E-state index in [4.69, 9.17) is 15.6 Å². The third-order valence-corrected chi connectivity index (χ3v) is 14.3. The number of ether oxygens (including phenoxy) is 1. The number of nitrogens with zero attached hydrogens (tertiary/aromatic N) is 8. The second-order valence-electron chi connectivity index (χ2n) is 18.6. The van der Waals surface area contributed by atoms with E-state index in [0.717, 1.165) is 142 Å². The van der Waals surface area contributed by atoms with Crippen molar-refractivity contribution in [3.63, 3.8) is 0 Å².